The van der Waals surface area contributed by atoms with Crippen molar-refractivity contribution in [1.82, 2.24) is 19.9 Å². The van der Waals surface area contributed by atoms with Gasteiger partial charge in [0.25, 0.3) is 11.8 Å². The van der Waals surface area contributed by atoms with E-state index in [4.69, 9.17) is 20.5 Å². The third-order valence-electron chi connectivity index (χ3n) is 5.58. The van der Waals surface area contributed by atoms with E-state index in [1.165, 1.54) is 12.1 Å². The van der Waals surface area contributed by atoms with Crippen molar-refractivity contribution in [2.24, 2.45) is 0 Å². The molecule has 5 rings (SSSR count). The Labute approximate surface area is 194 Å². The summed E-state index contributed by atoms with van der Waals surface area (Å²) in [6, 6.07) is 15.7. The summed E-state index contributed by atoms with van der Waals surface area (Å²) in [7, 11) is 0. The van der Waals surface area contributed by atoms with Gasteiger partial charge in [-0.25, -0.2) is 4.39 Å². The number of carbonyl (C=O) groups is 1. The first-order valence-corrected chi connectivity index (χ1v) is 10.9. The lowest BCUT2D eigenvalue weighted by Gasteiger charge is -2.34. The van der Waals surface area contributed by atoms with Crippen LogP contribution >= 0.6 is 11.6 Å². The Balaban J connectivity index is 1.21. The summed E-state index contributed by atoms with van der Waals surface area (Å²) < 4.78 is 24.3. The molecule has 1 fully saturated rings. The van der Waals surface area contributed by atoms with E-state index in [1.807, 2.05) is 24.3 Å². The molecule has 1 aliphatic rings. The first-order chi connectivity index (χ1) is 16.1. The van der Waals surface area contributed by atoms with Gasteiger partial charge in [0.05, 0.1) is 11.3 Å². The summed E-state index contributed by atoms with van der Waals surface area (Å²) in [5.74, 6) is 0.588. The summed E-state index contributed by atoms with van der Waals surface area (Å²) in [6.45, 7) is 3.31. The molecule has 33 heavy (non-hydrogen) atoms. The fourth-order valence-corrected chi connectivity index (χ4v) is 3.95. The number of halogens is 2. The minimum absolute atomic E-state index is 0.0107. The lowest BCUT2D eigenvalue weighted by molar-refractivity contribution is 0.0628. The van der Waals surface area contributed by atoms with Gasteiger partial charge in [0.15, 0.2) is 5.76 Å². The molecular weight excluding hydrogens is 447 g/mol. The molecule has 1 amide bonds. The lowest BCUT2D eigenvalue weighted by Crippen LogP contribution is -2.48. The molecule has 7 nitrogen and oxygen atoms in total. The quantitative estimate of drug-likeness (QED) is 0.422. The first-order valence-electron chi connectivity index (χ1n) is 10.5. The molecule has 0 spiro atoms. The number of benzene rings is 2. The van der Waals surface area contributed by atoms with Crippen LogP contribution < -0.4 is 0 Å². The predicted molar refractivity (Wildman–Crippen MR) is 120 cm³/mol. The zero-order chi connectivity index (χ0) is 22.8. The predicted octanol–water partition coefficient (Wildman–Crippen LogP) is 4.75. The summed E-state index contributed by atoms with van der Waals surface area (Å²) >= 11 is 5.72. The van der Waals surface area contributed by atoms with Gasteiger partial charge in [-0.05, 0) is 42.0 Å². The minimum Gasteiger partial charge on any atom is -0.459 e. The van der Waals surface area contributed by atoms with Gasteiger partial charge in [-0.2, -0.15) is 4.98 Å². The molecule has 1 aliphatic heterocycles. The lowest BCUT2D eigenvalue weighted by atomic mass is 10.1. The van der Waals surface area contributed by atoms with Crippen molar-refractivity contribution in [2.45, 2.75) is 6.54 Å². The third-order valence-corrected chi connectivity index (χ3v) is 5.88. The molecule has 0 atom stereocenters. The first kappa shape index (κ1) is 21.4. The van der Waals surface area contributed by atoms with E-state index >= 15 is 0 Å². The Bertz CT molecular complexity index is 1270. The molecule has 0 bridgehead atoms. The number of amides is 1. The molecule has 0 aliphatic carbocycles. The highest BCUT2D eigenvalue weighted by molar-refractivity contribution is 6.30. The second-order valence-corrected chi connectivity index (χ2v) is 8.21. The molecule has 0 N–H and O–H groups in total. The highest BCUT2D eigenvalue weighted by Crippen LogP contribution is 2.24. The van der Waals surface area contributed by atoms with Crippen LogP contribution in [-0.2, 0) is 6.54 Å². The van der Waals surface area contributed by atoms with Crippen LogP contribution in [0, 0.1) is 5.82 Å². The van der Waals surface area contributed by atoms with Gasteiger partial charge < -0.3 is 13.8 Å². The van der Waals surface area contributed by atoms with Gasteiger partial charge in [-0.1, -0.05) is 35.0 Å². The summed E-state index contributed by atoms with van der Waals surface area (Å²) in [4.78, 5) is 21.1. The smallest absolute Gasteiger partial charge is 0.293 e. The number of piperazine rings is 1. The number of furan rings is 1. The van der Waals surface area contributed by atoms with Crippen molar-refractivity contribution >= 4 is 17.5 Å². The van der Waals surface area contributed by atoms with Crippen LogP contribution in [0.2, 0.25) is 5.02 Å². The Morgan fingerprint density at radius 1 is 1.06 bits per heavy atom. The second-order valence-electron chi connectivity index (χ2n) is 7.80. The van der Waals surface area contributed by atoms with Crippen LogP contribution in [0.5, 0.6) is 0 Å². The molecule has 2 aromatic carbocycles. The normalized spacial score (nSPS) is 14.5. The molecule has 1 saturated heterocycles. The Kier molecular flexibility index (Phi) is 5.93. The van der Waals surface area contributed by atoms with Gasteiger partial charge in [0.1, 0.15) is 5.82 Å². The average Bonchev–Trinajstić information content (AvgIpc) is 3.53. The van der Waals surface area contributed by atoms with Crippen LogP contribution in [0.1, 0.15) is 15.9 Å². The summed E-state index contributed by atoms with van der Waals surface area (Å²) in [5.41, 5.74) is 2.27. The average molecular weight is 467 g/mol. The SMILES string of the molecule is O=C(c1ccc(Cl)c(F)c1)N1CCN(Cc2cccc(-c3noc(-c4ccco4)n3)c2)CC1. The molecule has 0 unspecified atom stereocenters. The second kappa shape index (κ2) is 9.17. The molecule has 2 aromatic heterocycles. The zero-order valence-corrected chi connectivity index (χ0v) is 18.3. The number of carbonyl (C=O) groups excluding carboxylic acids is 1. The zero-order valence-electron chi connectivity index (χ0n) is 17.6. The molecule has 168 valence electrons. The van der Waals surface area contributed by atoms with E-state index < -0.39 is 5.82 Å². The van der Waals surface area contributed by atoms with Crippen molar-refractivity contribution in [3.8, 4) is 23.0 Å². The van der Waals surface area contributed by atoms with E-state index in [2.05, 4.69) is 15.0 Å². The molecule has 4 aromatic rings. The van der Waals surface area contributed by atoms with Gasteiger partial charge in [-0.3, -0.25) is 9.69 Å². The largest absolute Gasteiger partial charge is 0.459 e. The van der Waals surface area contributed by atoms with Crippen LogP contribution in [0.25, 0.3) is 23.0 Å². The minimum atomic E-state index is -0.584. The topological polar surface area (TPSA) is 75.6 Å². The number of aromatic nitrogens is 2. The van der Waals surface area contributed by atoms with Crippen molar-refractivity contribution in [3.05, 3.63) is 82.8 Å². The van der Waals surface area contributed by atoms with Crippen molar-refractivity contribution < 1.29 is 18.1 Å². The Morgan fingerprint density at radius 3 is 2.67 bits per heavy atom. The van der Waals surface area contributed by atoms with Gasteiger partial charge in [0.2, 0.25) is 5.82 Å². The van der Waals surface area contributed by atoms with Gasteiger partial charge in [0, 0.05) is 43.9 Å². The van der Waals surface area contributed by atoms with E-state index in [-0.39, 0.29) is 10.9 Å². The van der Waals surface area contributed by atoms with E-state index in [9.17, 15) is 9.18 Å². The van der Waals surface area contributed by atoms with Crippen LogP contribution in [0.15, 0.2) is 69.8 Å². The maximum absolute atomic E-state index is 13.7. The third kappa shape index (κ3) is 4.67. The van der Waals surface area contributed by atoms with Crippen molar-refractivity contribution in [3.63, 3.8) is 0 Å². The highest BCUT2D eigenvalue weighted by atomic mass is 35.5. The van der Waals surface area contributed by atoms with Crippen LogP contribution in [0.4, 0.5) is 4.39 Å². The number of rotatable bonds is 5. The van der Waals surface area contributed by atoms with E-state index in [0.717, 1.165) is 30.8 Å². The van der Waals surface area contributed by atoms with E-state index in [1.54, 1.807) is 29.4 Å². The summed E-state index contributed by atoms with van der Waals surface area (Å²) in [5, 5.41) is 4.07. The summed E-state index contributed by atoms with van der Waals surface area (Å²) in [6.07, 6.45) is 1.56. The standard InChI is InChI=1S/C24H20ClFN4O3/c25-19-7-6-18(14-20(19)26)24(31)30-10-8-29(9-11-30)15-16-3-1-4-17(13-16)22-27-23(33-28-22)21-5-2-12-32-21/h1-7,12-14H,8-11,15H2. The van der Waals surface area contributed by atoms with Crippen LogP contribution in [-0.4, -0.2) is 52.0 Å². The van der Waals surface area contributed by atoms with Crippen LogP contribution in [0.3, 0.4) is 0 Å². The van der Waals surface area contributed by atoms with Crippen molar-refractivity contribution in [1.29, 1.82) is 0 Å². The fourth-order valence-electron chi connectivity index (χ4n) is 3.83. The van der Waals surface area contributed by atoms with E-state index in [0.29, 0.717) is 36.1 Å². The molecule has 0 saturated carbocycles. The Hall–Kier alpha value is -3.49. The maximum Gasteiger partial charge on any atom is 0.293 e. The molecule has 9 heteroatoms. The molecular formula is C24H20ClFN4O3. The van der Waals surface area contributed by atoms with Gasteiger partial charge >= 0.3 is 0 Å². The van der Waals surface area contributed by atoms with Gasteiger partial charge in [-0.15, -0.1) is 0 Å². The monoisotopic (exact) mass is 466 g/mol. The number of hydrogen-bond acceptors (Lipinski definition) is 6. The molecule has 3 heterocycles. The van der Waals surface area contributed by atoms with Crippen molar-refractivity contribution in [2.75, 3.05) is 26.2 Å². The fraction of sp³-hybridized carbons (Fsp3) is 0.208. The highest BCUT2D eigenvalue weighted by Gasteiger charge is 2.23. The Morgan fingerprint density at radius 2 is 1.91 bits per heavy atom. The number of nitrogens with zero attached hydrogens (tertiary/aromatic N) is 4. The molecule has 0 radical (unpaired) electrons. The number of hydrogen-bond donors (Lipinski definition) is 0. The maximum atomic E-state index is 13.7.